The van der Waals surface area contributed by atoms with Gasteiger partial charge in [-0.25, -0.2) is 4.98 Å². The third kappa shape index (κ3) is 6.41. The molecule has 0 amide bonds. The fourth-order valence-corrected chi connectivity index (χ4v) is 4.10. The zero-order valence-corrected chi connectivity index (χ0v) is 21.5. The van der Waals surface area contributed by atoms with Gasteiger partial charge >= 0.3 is 0 Å². The lowest BCUT2D eigenvalue weighted by Crippen LogP contribution is -2.24. The van der Waals surface area contributed by atoms with E-state index in [2.05, 4.69) is 60.7 Å². The molecule has 0 atom stereocenters. The summed E-state index contributed by atoms with van der Waals surface area (Å²) in [5, 5.41) is 7.03. The summed E-state index contributed by atoms with van der Waals surface area (Å²) in [5.41, 5.74) is 7.66. The van der Waals surface area contributed by atoms with E-state index in [1.54, 1.807) is 14.2 Å². The molecule has 182 valence electrons. The Morgan fingerprint density at radius 2 is 1.50 bits per heavy atom. The van der Waals surface area contributed by atoms with Crippen LogP contribution in [0.4, 0.5) is 5.69 Å². The summed E-state index contributed by atoms with van der Waals surface area (Å²) in [4.78, 5) is 4.65. The Labute approximate surface area is 203 Å². The Hall–Kier alpha value is -3.25. The molecule has 1 heterocycles. The Balaban J connectivity index is 1.54. The topological polar surface area (TPSA) is 64.6 Å². The summed E-state index contributed by atoms with van der Waals surface area (Å²) in [6.07, 6.45) is 0.918. The molecule has 0 saturated heterocycles. The fraction of sp³-hybridized carbons (Fsp3) is 0.393. The number of hydrogen-bond donors (Lipinski definition) is 2. The zero-order chi connectivity index (χ0) is 24.7. The van der Waals surface area contributed by atoms with Crippen molar-refractivity contribution >= 4 is 5.69 Å². The normalized spacial score (nSPS) is 10.8. The van der Waals surface area contributed by atoms with E-state index in [0.29, 0.717) is 5.88 Å². The van der Waals surface area contributed by atoms with Gasteiger partial charge in [-0.3, -0.25) is 0 Å². The van der Waals surface area contributed by atoms with Gasteiger partial charge in [0.2, 0.25) is 5.88 Å². The van der Waals surface area contributed by atoms with Gasteiger partial charge in [0.1, 0.15) is 5.75 Å². The van der Waals surface area contributed by atoms with Crippen molar-refractivity contribution in [3.63, 3.8) is 0 Å². The van der Waals surface area contributed by atoms with Crippen LogP contribution in [0.5, 0.6) is 23.1 Å². The number of aryl methyl sites for hydroxylation is 4. The van der Waals surface area contributed by atoms with Gasteiger partial charge in [-0.1, -0.05) is 23.8 Å². The van der Waals surface area contributed by atoms with Gasteiger partial charge in [0.25, 0.3) is 0 Å². The lowest BCUT2D eigenvalue weighted by Gasteiger charge is -2.17. The molecule has 2 aromatic carbocycles. The quantitative estimate of drug-likeness (QED) is 0.357. The highest BCUT2D eigenvalue weighted by atomic mass is 16.5. The van der Waals surface area contributed by atoms with Crippen LogP contribution in [0.3, 0.4) is 0 Å². The van der Waals surface area contributed by atoms with Crippen LogP contribution in [-0.4, -0.2) is 38.8 Å². The molecule has 0 aliphatic heterocycles. The maximum absolute atomic E-state index is 6.29. The van der Waals surface area contributed by atoms with Gasteiger partial charge in [0.05, 0.1) is 14.2 Å². The highest BCUT2D eigenvalue weighted by molar-refractivity contribution is 5.57. The van der Waals surface area contributed by atoms with E-state index in [1.165, 1.54) is 11.1 Å². The first-order valence-electron chi connectivity index (χ1n) is 11.7. The van der Waals surface area contributed by atoms with Crippen molar-refractivity contribution in [1.82, 2.24) is 10.3 Å². The van der Waals surface area contributed by atoms with Crippen LogP contribution >= 0.6 is 0 Å². The maximum Gasteiger partial charge on any atom is 0.224 e. The van der Waals surface area contributed by atoms with Crippen LogP contribution < -0.4 is 24.8 Å². The SMILES string of the molecule is COc1ccc(CCNCCNc2cc(C)nc(Oc3c(C)cc(C)cc3C)c2C)cc1OC. The second kappa shape index (κ2) is 11.7. The first-order valence-corrected chi connectivity index (χ1v) is 11.7. The molecular formula is C28H37N3O3. The van der Waals surface area contributed by atoms with E-state index >= 15 is 0 Å². The van der Waals surface area contributed by atoms with Crippen molar-refractivity contribution in [2.75, 3.05) is 39.2 Å². The van der Waals surface area contributed by atoms with Crippen LogP contribution in [0.25, 0.3) is 0 Å². The van der Waals surface area contributed by atoms with Gasteiger partial charge in [0.15, 0.2) is 11.5 Å². The molecule has 0 unspecified atom stereocenters. The van der Waals surface area contributed by atoms with Crippen molar-refractivity contribution in [3.05, 3.63) is 69.9 Å². The van der Waals surface area contributed by atoms with Gasteiger partial charge in [0, 0.05) is 30.0 Å². The number of rotatable bonds is 11. The highest BCUT2D eigenvalue weighted by Gasteiger charge is 2.13. The summed E-state index contributed by atoms with van der Waals surface area (Å²) in [6.45, 7) is 12.8. The number of ether oxygens (including phenoxy) is 3. The molecule has 0 spiro atoms. The van der Waals surface area contributed by atoms with Crippen molar-refractivity contribution in [1.29, 1.82) is 0 Å². The predicted octanol–water partition coefficient (Wildman–Crippen LogP) is 5.68. The predicted molar refractivity (Wildman–Crippen MR) is 139 cm³/mol. The summed E-state index contributed by atoms with van der Waals surface area (Å²) < 4.78 is 17.0. The van der Waals surface area contributed by atoms with Crippen LogP contribution in [0.2, 0.25) is 0 Å². The van der Waals surface area contributed by atoms with E-state index in [-0.39, 0.29) is 0 Å². The molecule has 0 saturated carbocycles. The Kier molecular flexibility index (Phi) is 8.77. The van der Waals surface area contributed by atoms with Crippen molar-refractivity contribution in [2.24, 2.45) is 0 Å². The molecule has 34 heavy (non-hydrogen) atoms. The molecule has 0 aliphatic rings. The third-order valence-corrected chi connectivity index (χ3v) is 5.81. The van der Waals surface area contributed by atoms with Crippen LogP contribution in [0.15, 0.2) is 36.4 Å². The average molecular weight is 464 g/mol. The first-order chi connectivity index (χ1) is 16.3. The summed E-state index contributed by atoms with van der Waals surface area (Å²) >= 11 is 0. The molecule has 0 radical (unpaired) electrons. The second-order valence-corrected chi connectivity index (χ2v) is 8.69. The Bertz CT molecular complexity index is 1110. The van der Waals surface area contributed by atoms with E-state index in [0.717, 1.165) is 71.4 Å². The monoisotopic (exact) mass is 463 g/mol. The molecule has 0 aliphatic carbocycles. The number of methoxy groups -OCH3 is 2. The molecular weight excluding hydrogens is 426 g/mol. The number of benzene rings is 2. The second-order valence-electron chi connectivity index (χ2n) is 8.69. The van der Waals surface area contributed by atoms with Gasteiger partial charge in [-0.15, -0.1) is 0 Å². The highest BCUT2D eigenvalue weighted by Crippen LogP contribution is 2.33. The first kappa shape index (κ1) is 25.4. The average Bonchev–Trinajstić information content (AvgIpc) is 2.80. The van der Waals surface area contributed by atoms with E-state index in [4.69, 9.17) is 14.2 Å². The van der Waals surface area contributed by atoms with Gasteiger partial charge in [-0.2, -0.15) is 0 Å². The van der Waals surface area contributed by atoms with Gasteiger partial charge in [-0.05, 0) is 82.5 Å². The van der Waals surface area contributed by atoms with Crippen LogP contribution in [0, 0.1) is 34.6 Å². The Morgan fingerprint density at radius 3 is 2.18 bits per heavy atom. The number of nitrogens with one attached hydrogen (secondary N) is 2. The molecule has 6 nitrogen and oxygen atoms in total. The van der Waals surface area contributed by atoms with Crippen LogP contribution in [0.1, 0.15) is 33.5 Å². The van der Waals surface area contributed by atoms with E-state index in [1.807, 2.05) is 26.0 Å². The number of hydrogen-bond acceptors (Lipinski definition) is 6. The molecule has 6 heteroatoms. The minimum Gasteiger partial charge on any atom is -0.493 e. The standard InChI is InChI=1S/C28H37N3O3/c1-18-14-19(2)27(20(3)15-18)34-28-22(5)24(16-21(4)31-28)30-13-12-29-11-10-23-8-9-25(32-6)26(17-23)33-7/h8-9,14-17,29H,10-13H2,1-7H3,(H,30,31). The maximum atomic E-state index is 6.29. The number of aromatic nitrogens is 1. The molecule has 2 N–H and O–H groups in total. The molecule has 3 rings (SSSR count). The summed E-state index contributed by atoms with van der Waals surface area (Å²) in [5.74, 6) is 3.05. The molecule has 0 bridgehead atoms. The lowest BCUT2D eigenvalue weighted by atomic mass is 10.1. The summed E-state index contributed by atoms with van der Waals surface area (Å²) in [6, 6.07) is 12.4. The number of anilines is 1. The molecule has 1 aromatic heterocycles. The summed E-state index contributed by atoms with van der Waals surface area (Å²) in [7, 11) is 3.31. The minimum atomic E-state index is 0.652. The van der Waals surface area contributed by atoms with Crippen molar-refractivity contribution in [2.45, 2.75) is 41.0 Å². The smallest absolute Gasteiger partial charge is 0.224 e. The minimum absolute atomic E-state index is 0.652. The zero-order valence-electron chi connectivity index (χ0n) is 21.5. The third-order valence-electron chi connectivity index (χ3n) is 5.81. The van der Waals surface area contributed by atoms with E-state index < -0.39 is 0 Å². The van der Waals surface area contributed by atoms with Crippen molar-refractivity contribution in [3.8, 4) is 23.1 Å². The van der Waals surface area contributed by atoms with Crippen molar-refractivity contribution < 1.29 is 14.2 Å². The number of nitrogens with zero attached hydrogens (tertiary/aromatic N) is 1. The lowest BCUT2D eigenvalue weighted by molar-refractivity contribution is 0.354. The Morgan fingerprint density at radius 1 is 0.794 bits per heavy atom. The van der Waals surface area contributed by atoms with E-state index in [9.17, 15) is 0 Å². The molecule has 3 aromatic rings. The molecule has 0 fully saturated rings. The van der Waals surface area contributed by atoms with Crippen LogP contribution in [-0.2, 0) is 6.42 Å². The van der Waals surface area contributed by atoms with Gasteiger partial charge < -0.3 is 24.8 Å². The largest absolute Gasteiger partial charge is 0.493 e. The fourth-order valence-electron chi connectivity index (χ4n) is 4.10. The number of pyridine rings is 1.